The minimum absolute atomic E-state index is 0.0488. The van der Waals surface area contributed by atoms with E-state index in [1.165, 1.54) is 11.6 Å². The molecule has 24 heavy (non-hydrogen) atoms. The molecule has 0 aliphatic rings. The Morgan fingerprint density at radius 1 is 1.00 bits per heavy atom. The molecule has 0 aliphatic carbocycles. The number of rotatable bonds is 7. The van der Waals surface area contributed by atoms with Gasteiger partial charge >= 0.3 is 0 Å². The maximum atomic E-state index is 12.3. The summed E-state index contributed by atoms with van der Waals surface area (Å²) in [4.78, 5) is 12.3. The minimum atomic E-state index is -3.38. The molecule has 0 bridgehead atoms. The molecule has 0 aromatic heterocycles. The number of carbonyl (C=O) groups excluding carboxylic acids is 1. The fourth-order valence-corrected chi connectivity index (χ4v) is 3.38. The van der Waals surface area contributed by atoms with E-state index in [0.717, 1.165) is 6.42 Å². The molecule has 0 heterocycles. The molecule has 0 saturated heterocycles. The van der Waals surface area contributed by atoms with Gasteiger partial charge in [0.25, 0.3) is 5.91 Å². The van der Waals surface area contributed by atoms with E-state index in [2.05, 4.69) is 17.0 Å². The molecule has 2 N–H and O–H groups in total. The molecule has 128 valence electrons. The van der Waals surface area contributed by atoms with Crippen LogP contribution in [0.2, 0.25) is 0 Å². The lowest BCUT2D eigenvalue weighted by atomic mass is 10.1. The highest BCUT2D eigenvalue weighted by atomic mass is 32.2. The Labute approximate surface area is 143 Å². The van der Waals surface area contributed by atoms with Gasteiger partial charge in [0.1, 0.15) is 0 Å². The van der Waals surface area contributed by atoms with E-state index in [1.807, 2.05) is 24.3 Å². The van der Waals surface area contributed by atoms with Crippen LogP contribution in [0.15, 0.2) is 48.5 Å². The fraction of sp³-hybridized carbons (Fsp3) is 0.278. The maximum Gasteiger partial charge on any atom is 0.255 e. The Kier molecular flexibility index (Phi) is 5.98. The van der Waals surface area contributed by atoms with Crippen molar-refractivity contribution in [2.75, 3.05) is 15.8 Å². The summed E-state index contributed by atoms with van der Waals surface area (Å²) in [7, 11) is -3.38. The van der Waals surface area contributed by atoms with E-state index in [-0.39, 0.29) is 11.7 Å². The molecule has 0 radical (unpaired) electrons. The molecular weight excluding hydrogens is 324 g/mol. The Balaban J connectivity index is 2.10. The first kappa shape index (κ1) is 18.0. The molecule has 0 spiro atoms. The van der Waals surface area contributed by atoms with Gasteiger partial charge in [0, 0.05) is 16.9 Å². The zero-order chi connectivity index (χ0) is 17.6. The number of amides is 1. The normalized spacial score (nSPS) is 11.1. The predicted octanol–water partition coefficient (Wildman–Crippen LogP) is 3.65. The van der Waals surface area contributed by atoms with Gasteiger partial charge in [-0.25, -0.2) is 8.42 Å². The van der Waals surface area contributed by atoms with Crippen molar-refractivity contribution in [2.45, 2.75) is 26.7 Å². The topological polar surface area (TPSA) is 75.3 Å². The van der Waals surface area contributed by atoms with Gasteiger partial charge in [-0.3, -0.25) is 9.52 Å². The van der Waals surface area contributed by atoms with E-state index >= 15 is 0 Å². The van der Waals surface area contributed by atoms with Gasteiger partial charge < -0.3 is 5.32 Å². The van der Waals surface area contributed by atoms with Crippen LogP contribution in [0.1, 0.15) is 36.2 Å². The first-order valence-electron chi connectivity index (χ1n) is 7.94. The van der Waals surface area contributed by atoms with Gasteiger partial charge in [-0.2, -0.15) is 0 Å². The summed E-state index contributed by atoms with van der Waals surface area (Å²) in [6.45, 7) is 3.87. The zero-order valence-electron chi connectivity index (χ0n) is 13.9. The van der Waals surface area contributed by atoms with Gasteiger partial charge in [-0.05, 0) is 48.7 Å². The third kappa shape index (κ3) is 5.09. The molecule has 1 amide bonds. The summed E-state index contributed by atoms with van der Waals surface area (Å²) in [5.74, 6) is -0.233. The van der Waals surface area contributed by atoms with E-state index in [9.17, 15) is 13.2 Å². The van der Waals surface area contributed by atoms with Crippen LogP contribution >= 0.6 is 0 Å². The number of benzene rings is 2. The monoisotopic (exact) mass is 346 g/mol. The van der Waals surface area contributed by atoms with Crippen LogP contribution in [-0.4, -0.2) is 20.1 Å². The molecule has 2 aromatic carbocycles. The van der Waals surface area contributed by atoms with Crippen molar-refractivity contribution in [1.29, 1.82) is 0 Å². The summed E-state index contributed by atoms with van der Waals surface area (Å²) in [5, 5.41) is 2.81. The molecule has 0 atom stereocenters. The summed E-state index contributed by atoms with van der Waals surface area (Å²) in [6, 6.07) is 14.1. The second kappa shape index (κ2) is 7.97. The number of anilines is 2. The van der Waals surface area contributed by atoms with E-state index in [4.69, 9.17) is 0 Å². The van der Waals surface area contributed by atoms with Crippen molar-refractivity contribution in [3.05, 3.63) is 59.7 Å². The van der Waals surface area contributed by atoms with Gasteiger partial charge in [0.15, 0.2) is 0 Å². The molecule has 0 fully saturated rings. The standard InChI is InChI=1S/C18H22N2O3S/c1-3-12-24(22,23)20-17-7-5-6-15(13-17)18(21)19-16-10-8-14(4-2)9-11-16/h5-11,13,20H,3-4,12H2,1-2H3,(H,19,21). The van der Waals surface area contributed by atoms with Gasteiger partial charge in [0.2, 0.25) is 10.0 Å². The maximum absolute atomic E-state index is 12.3. The molecule has 0 unspecified atom stereocenters. The summed E-state index contributed by atoms with van der Waals surface area (Å²) in [5.41, 5.74) is 2.68. The van der Waals surface area contributed by atoms with Gasteiger partial charge in [-0.15, -0.1) is 0 Å². The zero-order valence-corrected chi connectivity index (χ0v) is 14.7. The highest BCUT2D eigenvalue weighted by Gasteiger charge is 2.11. The van der Waals surface area contributed by atoms with Crippen LogP contribution in [0.25, 0.3) is 0 Å². The lowest BCUT2D eigenvalue weighted by molar-refractivity contribution is 0.102. The van der Waals surface area contributed by atoms with Crippen LogP contribution in [-0.2, 0) is 16.4 Å². The Hall–Kier alpha value is -2.34. The molecule has 2 aromatic rings. The van der Waals surface area contributed by atoms with E-state index in [0.29, 0.717) is 23.4 Å². The Bertz CT molecular complexity index is 799. The molecular formula is C18H22N2O3S. The van der Waals surface area contributed by atoms with Crippen molar-refractivity contribution in [3.8, 4) is 0 Å². The number of aryl methyl sites for hydroxylation is 1. The van der Waals surface area contributed by atoms with Crippen molar-refractivity contribution in [2.24, 2.45) is 0 Å². The van der Waals surface area contributed by atoms with Gasteiger partial charge in [0.05, 0.1) is 5.75 Å². The average Bonchev–Trinajstić information content (AvgIpc) is 2.55. The first-order valence-corrected chi connectivity index (χ1v) is 9.59. The van der Waals surface area contributed by atoms with Crippen molar-refractivity contribution in [3.63, 3.8) is 0 Å². The van der Waals surface area contributed by atoms with E-state index in [1.54, 1.807) is 25.1 Å². The van der Waals surface area contributed by atoms with Crippen LogP contribution in [0, 0.1) is 0 Å². The number of hydrogen-bond acceptors (Lipinski definition) is 3. The fourth-order valence-electron chi connectivity index (χ4n) is 2.25. The predicted molar refractivity (Wildman–Crippen MR) is 97.9 cm³/mol. The summed E-state index contributed by atoms with van der Waals surface area (Å²) >= 11 is 0. The highest BCUT2D eigenvalue weighted by molar-refractivity contribution is 7.92. The lowest BCUT2D eigenvalue weighted by Crippen LogP contribution is -2.17. The second-order valence-corrected chi connectivity index (χ2v) is 7.35. The third-order valence-corrected chi connectivity index (χ3v) is 4.98. The number of hydrogen-bond donors (Lipinski definition) is 2. The lowest BCUT2D eigenvalue weighted by Gasteiger charge is -2.09. The summed E-state index contributed by atoms with van der Waals surface area (Å²) in [6.07, 6.45) is 1.47. The second-order valence-electron chi connectivity index (χ2n) is 5.51. The van der Waals surface area contributed by atoms with Crippen molar-refractivity contribution in [1.82, 2.24) is 0 Å². The van der Waals surface area contributed by atoms with Gasteiger partial charge in [-0.1, -0.05) is 32.0 Å². The molecule has 5 nitrogen and oxygen atoms in total. The van der Waals surface area contributed by atoms with Crippen LogP contribution in [0.4, 0.5) is 11.4 Å². The Morgan fingerprint density at radius 3 is 2.33 bits per heavy atom. The van der Waals surface area contributed by atoms with Crippen molar-refractivity contribution < 1.29 is 13.2 Å². The average molecular weight is 346 g/mol. The number of sulfonamides is 1. The Morgan fingerprint density at radius 2 is 1.71 bits per heavy atom. The van der Waals surface area contributed by atoms with Crippen LogP contribution in [0.5, 0.6) is 0 Å². The number of nitrogens with one attached hydrogen (secondary N) is 2. The highest BCUT2D eigenvalue weighted by Crippen LogP contribution is 2.16. The largest absolute Gasteiger partial charge is 0.322 e. The van der Waals surface area contributed by atoms with Crippen molar-refractivity contribution >= 4 is 27.3 Å². The van der Waals surface area contributed by atoms with E-state index < -0.39 is 10.0 Å². The molecule has 0 saturated carbocycles. The minimum Gasteiger partial charge on any atom is -0.322 e. The summed E-state index contributed by atoms with van der Waals surface area (Å²) < 4.78 is 26.1. The quantitative estimate of drug-likeness (QED) is 0.803. The number of carbonyl (C=O) groups is 1. The molecule has 6 heteroatoms. The first-order chi connectivity index (χ1) is 11.4. The third-order valence-electron chi connectivity index (χ3n) is 3.49. The van der Waals surface area contributed by atoms with Crippen LogP contribution in [0.3, 0.4) is 0 Å². The van der Waals surface area contributed by atoms with Crippen LogP contribution < -0.4 is 10.0 Å². The molecule has 2 rings (SSSR count). The SMILES string of the molecule is CCCS(=O)(=O)Nc1cccc(C(=O)Nc2ccc(CC)cc2)c1. The smallest absolute Gasteiger partial charge is 0.255 e. The molecule has 0 aliphatic heterocycles.